The van der Waals surface area contributed by atoms with Crippen LogP contribution in [0, 0.1) is 0 Å². The van der Waals surface area contributed by atoms with Crippen LogP contribution >= 0.6 is 0 Å². The highest BCUT2D eigenvalue weighted by molar-refractivity contribution is 5.95. The molecular formula is C12H12N4O2. The maximum atomic E-state index is 11.2. The van der Waals surface area contributed by atoms with E-state index in [0.29, 0.717) is 18.0 Å². The van der Waals surface area contributed by atoms with Crippen LogP contribution in [0.2, 0.25) is 0 Å². The number of carbonyl (C=O) groups is 1. The number of rotatable bonds is 3. The number of aromatic amines is 1. The molecule has 1 aliphatic rings. The summed E-state index contributed by atoms with van der Waals surface area (Å²) in [6, 6.07) is 7.50. The summed E-state index contributed by atoms with van der Waals surface area (Å²) in [6.45, 7) is 0.724. The summed E-state index contributed by atoms with van der Waals surface area (Å²) in [5.41, 5.74) is 2.60. The first-order valence-electron chi connectivity index (χ1n) is 5.60. The minimum atomic E-state index is -0.131. The molecule has 0 saturated heterocycles. The summed E-state index contributed by atoms with van der Waals surface area (Å²) in [5, 5.41) is 12.7. The first-order chi connectivity index (χ1) is 8.81. The SMILES string of the molecule is O=C1COc2ccc(NCc3ccn[nH]3)cc2N1. The first-order valence-corrected chi connectivity index (χ1v) is 5.60. The zero-order valence-corrected chi connectivity index (χ0v) is 9.56. The van der Waals surface area contributed by atoms with Gasteiger partial charge in [-0.2, -0.15) is 5.10 Å². The molecule has 0 aliphatic carbocycles. The van der Waals surface area contributed by atoms with E-state index in [9.17, 15) is 4.79 Å². The monoisotopic (exact) mass is 244 g/mol. The van der Waals surface area contributed by atoms with E-state index in [0.717, 1.165) is 11.4 Å². The highest BCUT2D eigenvalue weighted by atomic mass is 16.5. The predicted molar refractivity (Wildman–Crippen MR) is 66.5 cm³/mol. The van der Waals surface area contributed by atoms with Gasteiger partial charge in [0.05, 0.1) is 17.9 Å². The van der Waals surface area contributed by atoms with Crippen molar-refractivity contribution in [2.24, 2.45) is 0 Å². The fourth-order valence-electron chi connectivity index (χ4n) is 1.77. The van der Waals surface area contributed by atoms with Crippen LogP contribution in [0.3, 0.4) is 0 Å². The Bertz CT molecular complexity index is 565. The third-order valence-electron chi connectivity index (χ3n) is 2.65. The van der Waals surface area contributed by atoms with Gasteiger partial charge in [-0.05, 0) is 24.3 Å². The Labute approximate surface area is 103 Å². The fraction of sp³-hybridized carbons (Fsp3) is 0.167. The van der Waals surface area contributed by atoms with Gasteiger partial charge in [0.15, 0.2) is 6.61 Å². The molecule has 92 valence electrons. The Morgan fingerprint density at radius 2 is 2.33 bits per heavy atom. The Morgan fingerprint density at radius 3 is 3.17 bits per heavy atom. The second kappa shape index (κ2) is 4.40. The molecule has 2 aromatic rings. The van der Waals surface area contributed by atoms with Crippen LogP contribution in [0.4, 0.5) is 11.4 Å². The maximum absolute atomic E-state index is 11.2. The lowest BCUT2D eigenvalue weighted by Gasteiger charge is -2.18. The number of fused-ring (bicyclic) bond motifs is 1. The number of H-pyrrole nitrogens is 1. The van der Waals surface area contributed by atoms with Crippen molar-refractivity contribution in [3.05, 3.63) is 36.2 Å². The quantitative estimate of drug-likeness (QED) is 0.761. The summed E-state index contributed by atoms with van der Waals surface area (Å²) >= 11 is 0. The zero-order valence-electron chi connectivity index (χ0n) is 9.56. The molecule has 1 aromatic carbocycles. The van der Waals surface area contributed by atoms with E-state index < -0.39 is 0 Å². The van der Waals surface area contributed by atoms with Crippen molar-refractivity contribution < 1.29 is 9.53 Å². The molecule has 0 fully saturated rings. The average molecular weight is 244 g/mol. The number of carbonyl (C=O) groups excluding carboxylic acids is 1. The Kier molecular flexibility index (Phi) is 2.60. The number of nitrogens with zero attached hydrogens (tertiary/aromatic N) is 1. The van der Waals surface area contributed by atoms with Gasteiger partial charge in [-0.3, -0.25) is 9.89 Å². The molecule has 0 spiro atoms. The Hall–Kier alpha value is -2.50. The van der Waals surface area contributed by atoms with Crippen LogP contribution in [0.25, 0.3) is 0 Å². The molecule has 0 unspecified atom stereocenters. The van der Waals surface area contributed by atoms with Gasteiger partial charge in [-0.1, -0.05) is 0 Å². The number of nitrogens with one attached hydrogen (secondary N) is 3. The van der Waals surface area contributed by atoms with Crippen molar-refractivity contribution >= 4 is 17.3 Å². The maximum Gasteiger partial charge on any atom is 0.262 e. The molecule has 1 aliphatic heterocycles. The second-order valence-corrected chi connectivity index (χ2v) is 3.98. The minimum Gasteiger partial charge on any atom is -0.482 e. The van der Waals surface area contributed by atoms with Crippen molar-refractivity contribution in [3.8, 4) is 5.75 Å². The molecule has 6 nitrogen and oxygen atoms in total. The van der Waals surface area contributed by atoms with Crippen molar-refractivity contribution in [1.82, 2.24) is 10.2 Å². The number of anilines is 2. The summed E-state index contributed by atoms with van der Waals surface area (Å²) in [4.78, 5) is 11.2. The lowest BCUT2D eigenvalue weighted by atomic mass is 10.2. The average Bonchev–Trinajstić information content (AvgIpc) is 2.89. The molecule has 0 saturated carbocycles. The van der Waals surface area contributed by atoms with E-state index in [4.69, 9.17) is 4.74 Å². The van der Waals surface area contributed by atoms with Crippen molar-refractivity contribution in [2.75, 3.05) is 17.2 Å². The Balaban J connectivity index is 1.73. The number of amides is 1. The number of hydrogen-bond donors (Lipinski definition) is 3. The number of ether oxygens (including phenoxy) is 1. The molecule has 18 heavy (non-hydrogen) atoms. The van der Waals surface area contributed by atoms with Crippen LogP contribution in [-0.2, 0) is 11.3 Å². The minimum absolute atomic E-state index is 0.0773. The third-order valence-corrected chi connectivity index (χ3v) is 2.65. The van der Waals surface area contributed by atoms with E-state index in [1.54, 1.807) is 6.20 Å². The molecule has 3 rings (SSSR count). The normalized spacial score (nSPS) is 13.4. The summed E-state index contributed by atoms with van der Waals surface area (Å²) in [5.74, 6) is 0.565. The van der Waals surface area contributed by atoms with Gasteiger partial charge in [-0.15, -0.1) is 0 Å². The fourth-order valence-corrected chi connectivity index (χ4v) is 1.77. The summed E-state index contributed by atoms with van der Waals surface area (Å²) in [7, 11) is 0. The highest BCUT2D eigenvalue weighted by Crippen LogP contribution is 2.30. The molecule has 2 heterocycles. The van der Waals surface area contributed by atoms with Gasteiger partial charge in [-0.25, -0.2) is 0 Å². The van der Waals surface area contributed by atoms with Crippen LogP contribution in [0.15, 0.2) is 30.5 Å². The van der Waals surface area contributed by atoms with Crippen LogP contribution < -0.4 is 15.4 Å². The van der Waals surface area contributed by atoms with E-state index in [2.05, 4.69) is 20.8 Å². The van der Waals surface area contributed by atoms with Gasteiger partial charge in [0.1, 0.15) is 5.75 Å². The van der Waals surface area contributed by atoms with E-state index >= 15 is 0 Å². The largest absolute Gasteiger partial charge is 0.482 e. The van der Waals surface area contributed by atoms with Gasteiger partial charge in [0, 0.05) is 11.9 Å². The third kappa shape index (κ3) is 2.13. The highest BCUT2D eigenvalue weighted by Gasteiger charge is 2.15. The molecule has 1 aromatic heterocycles. The van der Waals surface area contributed by atoms with E-state index in [1.807, 2.05) is 24.3 Å². The van der Waals surface area contributed by atoms with Gasteiger partial charge in [0.2, 0.25) is 0 Å². The molecule has 1 amide bonds. The number of hydrogen-bond acceptors (Lipinski definition) is 4. The number of aromatic nitrogens is 2. The summed E-state index contributed by atoms with van der Waals surface area (Å²) in [6.07, 6.45) is 1.71. The molecule has 3 N–H and O–H groups in total. The summed E-state index contributed by atoms with van der Waals surface area (Å²) < 4.78 is 5.29. The molecule has 0 bridgehead atoms. The molecule has 0 atom stereocenters. The van der Waals surface area contributed by atoms with Crippen molar-refractivity contribution in [1.29, 1.82) is 0 Å². The van der Waals surface area contributed by atoms with Crippen LogP contribution in [0.5, 0.6) is 5.75 Å². The first kappa shape index (κ1) is 10.6. The van der Waals surface area contributed by atoms with Crippen LogP contribution in [0.1, 0.15) is 5.69 Å². The van der Waals surface area contributed by atoms with Crippen molar-refractivity contribution in [3.63, 3.8) is 0 Å². The van der Waals surface area contributed by atoms with Crippen molar-refractivity contribution in [2.45, 2.75) is 6.54 Å². The van der Waals surface area contributed by atoms with Crippen LogP contribution in [-0.4, -0.2) is 22.7 Å². The van der Waals surface area contributed by atoms with Gasteiger partial charge >= 0.3 is 0 Å². The van der Waals surface area contributed by atoms with E-state index in [-0.39, 0.29) is 12.5 Å². The molecule has 0 radical (unpaired) electrons. The molecule has 6 heteroatoms. The lowest BCUT2D eigenvalue weighted by Crippen LogP contribution is -2.25. The zero-order chi connectivity index (χ0) is 12.4. The molecular weight excluding hydrogens is 232 g/mol. The standard InChI is InChI=1S/C12H12N4O2/c17-12-7-18-11-2-1-8(5-10(11)15-12)13-6-9-3-4-14-16-9/h1-5,13H,6-7H2,(H,14,16)(H,15,17). The second-order valence-electron chi connectivity index (χ2n) is 3.98. The number of benzene rings is 1. The van der Waals surface area contributed by atoms with Gasteiger partial charge in [0.25, 0.3) is 5.91 Å². The predicted octanol–water partition coefficient (Wildman–Crippen LogP) is 1.35. The Morgan fingerprint density at radius 1 is 1.39 bits per heavy atom. The van der Waals surface area contributed by atoms with Gasteiger partial charge < -0.3 is 15.4 Å². The smallest absolute Gasteiger partial charge is 0.262 e. The van der Waals surface area contributed by atoms with E-state index in [1.165, 1.54) is 0 Å². The lowest BCUT2D eigenvalue weighted by molar-refractivity contribution is -0.118. The topological polar surface area (TPSA) is 79.0 Å².